The summed E-state index contributed by atoms with van der Waals surface area (Å²) < 4.78 is 18.9. The molecule has 4 nitrogen and oxygen atoms in total. The topological polar surface area (TPSA) is 55.4 Å². The molecular formula is C14H15BrFNO3. The summed E-state index contributed by atoms with van der Waals surface area (Å²) in [6.45, 7) is 0. The van der Waals surface area contributed by atoms with Gasteiger partial charge in [0.25, 0.3) is 5.91 Å². The molecule has 1 aliphatic rings. The summed E-state index contributed by atoms with van der Waals surface area (Å²) in [5.41, 5.74) is -0.0243. The molecule has 1 aliphatic carbocycles. The number of hydrogen-bond acceptors (Lipinski definition) is 3. The zero-order chi connectivity index (χ0) is 14.7. The first-order chi connectivity index (χ1) is 9.51. The molecule has 0 spiro atoms. The van der Waals surface area contributed by atoms with E-state index in [0.717, 1.165) is 12.8 Å². The van der Waals surface area contributed by atoms with Crippen molar-refractivity contribution >= 4 is 27.8 Å². The second-order valence-electron chi connectivity index (χ2n) is 4.82. The Morgan fingerprint density at radius 1 is 1.50 bits per heavy atom. The summed E-state index contributed by atoms with van der Waals surface area (Å²) in [6, 6.07) is 3.96. The van der Waals surface area contributed by atoms with E-state index >= 15 is 0 Å². The van der Waals surface area contributed by atoms with E-state index < -0.39 is 11.7 Å². The molecule has 1 N–H and O–H groups in total. The summed E-state index contributed by atoms with van der Waals surface area (Å²) in [5, 5.41) is 2.73. The lowest BCUT2D eigenvalue weighted by atomic mass is 10.1. The van der Waals surface area contributed by atoms with E-state index in [9.17, 15) is 14.0 Å². The second-order valence-corrected chi connectivity index (χ2v) is 5.74. The molecule has 108 valence electrons. The van der Waals surface area contributed by atoms with Gasteiger partial charge in [0, 0.05) is 10.5 Å². The van der Waals surface area contributed by atoms with Crippen molar-refractivity contribution < 1.29 is 18.7 Å². The van der Waals surface area contributed by atoms with Gasteiger partial charge in [0.2, 0.25) is 0 Å². The number of nitrogens with one attached hydrogen (secondary N) is 1. The highest BCUT2D eigenvalue weighted by atomic mass is 79.9. The fraction of sp³-hybridized carbons (Fsp3) is 0.429. The monoisotopic (exact) mass is 343 g/mol. The van der Waals surface area contributed by atoms with Crippen LogP contribution in [0, 0.1) is 11.7 Å². The molecule has 0 bridgehead atoms. The largest absolute Gasteiger partial charge is 0.469 e. The van der Waals surface area contributed by atoms with Crippen LogP contribution in [0.2, 0.25) is 0 Å². The summed E-state index contributed by atoms with van der Waals surface area (Å²) in [5.74, 6) is -1.20. The van der Waals surface area contributed by atoms with Gasteiger partial charge < -0.3 is 10.1 Å². The highest BCUT2D eigenvalue weighted by Crippen LogP contribution is 2.34. The first-order valence-electron chi connectivity index (χ1n) is 6.34. The van der Waals surface area contributed by atoms with Gasteiger partial charge in [-0.05, 0) is 37.0 Å². The summed E-state index contributed by atoms with van der Waals surface area (Å²) in [4.78, 5) is 23.4. The molecule has 1 saturated carbocycles. The van der Waals surface area contributed by atoms with E-state index in [1.807, 2.05) is 0 Å². The van der Waals surface area contributed by atoms with Crippen LogP contribution >= 0.6 is 15.9 Å². The van der Waals surface area contributed by atoms with Crippen molar-refractivity contribution in [2.24, 2.45) is 5.92 Å². The number of esters is 1. The standard InChI is InChI=1S/C14H15BrFNO3/c1-20-13(18)7-12(8-2-3-8)17-14(19)10-5-4-9(15)6-11(10)16/h4-6,8,12H,2-3,7H2,1H3,(H,17,19)/t12-/m1/s1. The Morgan fingerprint density at radius 2 is 2.20 bits per heavy atom. The average Bonchev–Trinajstić information content (AvgIpc) is 3.21. The Kier molecular flexibility index (Phi) is 4.75. The molecule has 1 fully saturated rings. The van der Waals surface area contributed by atoms with Crippen molar-refractivity contribution in [1.29, 1.82) is 0 Å². The van der Waals surface area contributed by atoms with Crippen LogP contribution < -0.4 is 5.32 Å². The average molecular weight is 344 g/mol. The molecule has 1 atom stereocenters. The number of hydrogen-bond donors (Lipinski definition) is 1. The van der Waals surface area contributed by atoms with Gasteiger partial charge in [-0.1, -0.05) is 15.9 Å². The van der Waals surface area contributed by atoms with E-state index in [2.05, 4.69) is 26.0 Å². The minimum absolute atomic E-state index is 0.0243. The third-order valence-corrected chi connectivity index (χ3v) is 3.79. The van der Waals surface area contributed by atoms with E-state index in [1.165, 1.54) is 19.2 Å². The van der Waals surface area contributed by atoms with Crippen molar-refractivity contribution in [2.75, 3.05) is 7.11 Å². The summed E-state index contributed by atoms with van der Waals surface area (Å²) in [7, 11) is 1.31. The van der Waals surface area contributed by atoms with Crippen molar-refractivity contribution in [3.05, 3.63) is 34.1 Å². The maximum absolute atomic E-state index is 13.7. The third kappa shape index (κ3) is 3.79. The first kappa shape index (κ1) is 15.0. The Bertz CT molecular complexity index is 531. The molecular weight excluding hydrogens is 329 g/mol. The molecule has 20 heavy (non-hydrogen) atoms. The Morgan fingerprint density at radius 3 is 2.75 bits per heavy atom. The molecule has 0 heterocycles. The van der Waals surface area contributed by atoms with Gasteiger partial charge >= 0.3 is 5.97 Å². The highest BCUT2D eigenvalue weighted by Gasteiger charge is 2.34. The van der Waals surface area contributed by atoms with Crippen molar-refractivity contribution in [3.8, 4) is 0 Å². The zero-order valence-electron chi connectivity index (χ0n) is 11.0. The lowest BCUT2D eigenvalue weighted by Crippen LogP contribution is -2.38. The van der Waals surface area contributed by atoms with Crippen LogP contribution in [0.25, 0.3) is 0 Å². The number of methoxy groups -OCH3 is 1. The van der Waals surface area contributed by atoms with Gasteiger partial charge in [-0.15, -0.1) is 0 Å². The van der Waals surface area contributed by atoms with Crippen molar-refractivity contribution in [2.45, 2.75) is 25.3 Å². The number of carbonyl (C=O) groups is 2. The van der Waals surface area contributed by atoms with Crippen LogP contribution in [0.3, 0.4) is 0 Å². The molecule has 0 aromatic heterocycles. The fourth-order valence-electron chi connectivity index (χ4n) is 2.02. The molecule has 0 radical (unpaired) electrons. The number of rotatable bonds is 5. The second kappa shape index (κ2) is 6.35. The van der Waals surface area contributed by atoms with Gasteiger partial charge in [0.15, 0.2) is 0 Å². The molecule has 2 rings (SSSR count). The van der Waals surface area contributed by atoms with Crippen LogP contribution in [0.4, 0.5) is 4.39 Å². The van der Waals surface area contributed by atoms with E-state index in [-0.39, 0.29) is 29.9 Å². The molecule has 0 aliphatic heterocycles. The predicted molar refractivity (Wildman–Crippen MR) is 74.7 cm³/mol. The number of carbonyl (C=O) groups excluding carboxylic acids is 2. The van der Waals surface area contributed by atoms with Gasteiger partial charge in [-0.3, -0.25) is 9.59 Å². The van der Waals surface area contributed by atoms with Crippen LogP contribution in [-0.2, 0) is 9.53 Å². The van der Waals surface area contributed by atoms with Gasteiger partial charge in [0.1, 0.15) is 5.82 Å². The SMILES string of the molecule is COC(=O)C[C@@H](NC(=O)c1ccc(Br)cc1F)C1CC1. The van der Waals surface area contributed by atoms with Gasteiger partial charge in [-0.2, -0.15) is 0 Å². The minimum Gasteiger partial charge on any atom is -0.469 e. The summed E-state index contributed by atoms with van der Waals surface area (Å²) >= 11 is 3.14. The van der Waals surface area contributed by atoms with Crippen molar-refractivity contribution in [3.63, 3.8) is 0 Å². The number of benzene rings is 1. The molecule has 0 saturated heterocycles. The van der Waals surface area contributed by atoms with Crippen molar-refractivity contribution in [1.82, 2.24) is 5.32 Å². The Balaban J connectivity index is 2.06. The lowest BCUT2D eigenvalue weighted by molar-refractivity contribution is -0.141. The normalized spacial score (nSPS) is 15.6. The van der Waals surface area contributed by atoms with Gasteiger partial charge in [-0.25, -0.2) is 4.39 Å². The van der Waals surface area contributed by atoms with Crippen LogP contribution in [0.5, 0.6) is 0 Å². The number of halogens is 2. The predicted octanol–water partition coefficient (Wildman–Crippen LogP) is 2.66. The first-order valence-corrected chi connectivity index (χ1v) is 7.13. The maximum Gasteiger partial charge on any atom is 0.307 e. The van der Waals surface area contributed by atoms with E-state index in [4.69, 9.17) is 0 Å². The Hall–Kier alpha value is -1.43. The van der Waals surface area contributed by atoms with E-state index in [0.29, 0.717) is 4.47 Å². The van der Waals surface area contributed by atoms with Crippen LogP contribution in [0.1, 0.15) is 29.6 Å². The molecule has 0 unspecified atom stereocenters. The minimum atomic E-state index is -0.593. The van der Waals surface area contributed by atoms with Crippen LogP contribution in [0.15, 0.2) is 22.7 Å². The molecule has 1 aromatic carbocycles. The van der Waals surface area contributed by atoms with Crippen LogP contribution in [-0.4, -0.2) is 25.0 Å². The Labute approximate surface area is 124 Å². The van der Waals surface area contributed by atoms with Gasteiger partial charge in [0.05, 0.1) is 19.1 Å². The number of amides is 1. The zero-order valence-corrected chi connectivity index (χ0v) is 12.6. The van der Waals surface area contributed by atoms with E-state index in [1.54, 1.807) is 6.07 Å². The smallest absolute Gasteiger partial charge is 0.307 e. The molecule has 1 aromatic rings. The fourth-order valence-corrected chi connectivity index (χ4v) is 2.35. The molecule has 6 heteroatoms. The highest BCUT2D eigenvalue weighted by molar-refractivity contribution is 9.10. The lowest BCUT2D eigenvalue weighted by Gasteiger charge is -2.17. The third-order valence-electron chi connectivity index (χ3n) is 3.30. The maximum atomic E-state index is 13.7. The molecule has 1 amide bonds. The number of ether oxygens (including phenoxy) is 1. The summed E-state index contributed by atoms with van der Waals surface area (Å²) in [6.07, 6.45) is 2.04. The quantitative estimate of drug-likeness (QED) is 0.836.